The van der Waals surface area contributed by atoms with Gasteiger partial charge in [-0.25, -0.2) is 0 Å². The van der Waals surface area contributed by atoms with E-state index in [4.69, 9.17) is 0 Å². The minimum atomic E-state index is 0.00838. The predicted octanol–water partition coefficient (Wildman–Crippen LogP) is 3.10. The monoisotopic (exact) mass is 289 g/mol. The molecule has 20 heavy (non-hydrogen) atoms. The van der Waals surface area contributed by atoms with E-state index in [9.17, 15) is 9.90 Å². The molecule has 1 saturated carbocycles. The molecule has 0 spiro atoms. The third-order valence-electron chi connectivity index (χ3n) is 4.26. The first-order valence-electron chi connectivity index (χ1n) is 7.10. The smallest absolute Gasteiger partial charge is 0.261 e. The lowest BCUT2D eigenvalue weighted by molar-refractivity contribution is 0.0919. The van der Waals surface area contributed by atoms with Crippen molar-refractivity contribution in [1.29, 1.82) is 0 Å². The van der Waals surface area contributed by atoms with Crippen LogP contribution >= 0.6 is 11.3 Å². The van der Waals surface area contributed by atoms with Crippen LogP contribution in [0.25, 0.3) is 10.1 Å². The van der Waals surface area contributed by atoms with Crippen LogP contribution in [-0.2, 0) is 0 Å². The summed E-state index contributed by atoms with van der Waals surface area (Å²) >= 11 is 1.55. The number of carbonyl (C=O) groups excluding carboxylic acids is 1. The zero-order valence-electron chi connectivity index (χ0n) is 11.6. The van der Waals surface area contributed by atoms with Crippen LogP contribution in [0.5, 0.6) is 0 Å². The number of aryl methyl sites for hydroxylation is 1. The van der Waals surface area contributed by atoms with E-state index in [1.165, 1.54) is 0 Å². The molecule has 0 aliphatic heterocycles. The third-order valence-corrected chi connectivity index (χ3v) is 5.53. The summed E-state index contributed by atoms with van der Waals surface area (Å²) in [7, 11) is 0. The first-order valence-corrected chi connectivity index (χ1v) is 7.92. The molecule has 2 N–H and O–H groups in total. The summed E-state index contributed by atoms with van der Waals surface area (Å²) in [6.45, 7) is 2.17. The minimum Gasteiger partial charge on any atom is -0.396 e. The summed E-state index contributed by atoms with van der Waals surface area (Å²) in [6, 6.07) is 8.23. The first-order chi connectivity index (χ1) is 9.70. The van der Waals surface area contributed by atoms with Gasteiger partial charge in [0.15, 0.2) is 0 Å². The number of hydrogen-bond acceptors (Lipinski definition) is 3. The minimum absolute atomic E-state index is 0.00838. The number of aliphatic hydroxyl groups is 1. The van der Waals surface area contributed by atoms with Crippen LogP contribution in [0.1, 0.15) is 34.5 Å². The lowest BCUT2D eigenvalue weighted by atomic mass is 10.0. The Kier molecular flexibility index (Phi) is 3.76. The number of nitrogens with one attached hydrogen (secondary N) is 1. The molecule has 106 valence electrons. The standard InChI is InChI=1S/C16H19NO2S/c1-10-12-6-2-3-8-14(12)20-15(10)16(19)17-13-7-4-5-11(13)9-18/h2-3,6,8,11,13,18H,4-5,7,9H2,1H3,(H,17,19). The largest absolute Gasteiger partial charge is 0.396 e. The molecule has 1 aromatic heterocycles. The molecule has 4 heteroatoms. The van der Waals surface area contributed by atoms with E-state index in [2.05, 4.69) is 17.4 Å². The maximum atomic E-state index is 12.5. The molecule has 1 amide bonds. The van der Waals surface area contributed by atoms with Crippen molar-refractivity contribution in [2.24, 2.45) is 5.92 Å². The number of rotatable bonds is 3. The van der Waals surface area contributed by atoms with E-state index >= 15 is 0 Å². The van der Waals surface area contributed by atoms with Gasteiger partial charge in [0, 0.05) is 23.3 Å². The highest BCUT2D eigenvalue weighted by Crippen LogP contribution is 2.31. The van der Waals surface area contributed by atoms with Crippen molar-refractivity contribution in [2.75, 3.05) is 6.61 Å². The maximum absolute atomic E-state index is 12.5. The van der Waals surface area contributed by atoms with E-state index in [1.54, 1.807) is 11.3 Å². The summed E-state index contributed by atoms with van der Waals surface area (Å²) in [4.78, 5) is 13.3. The number of fused-ring (bicyclic) bond motifs is 1. The van der Waals surface area contributed by atoms with Crippen molar-refractivity contribution in [1.82, 2.24) is 5.32 Å². The van der Waals surface area contributed by atoms with Crippen molar-refractivity contribution < 1.29 is 9.90 Å². The first kappa shape index (κ1) is 13.6. The molecular weight excluding hydrogens is 270 g/mol. The Morgan fingerprint density at radius 2 is 2.20 bits per heavy atom. The Bertz CT molecular complexity index is 634. The molecule has 1 aliphatic rings. The van der Waals surface area contributed by atoms with Gasteiger partial charge < -0.3 is 10.4 Å². The van der Waals surface area contributed by atoms with Gasteiger partial charge in [-0.1, -0.05) is 24.6 Å². The molecule has 2 unspecified atom stereocenters. The Morgan fingerprint density at radius 3 is 2.95 bits per heavy atom. The molecule has 0 saturated heterocycles. The number of aliphatic hydroxyl groups excluding tert-OH is 1. The summed E-state index contributed by atoms with van der Waals surface area (Å²) in [5, 5.41) is 13.6. The fourth-order valence-corrected chi connectivity index (χ4v) is 4.18. The fraction of sp³-hybridized carbons (Fsp3) is 0.438. The summed E-state index contributed by atoms with van der Waals surface area (Å²) in [6.07, 6.45) is 3.06. The Hall–Kier alpha value is -1.39. The topological polar surface area (TPSA) is 49.3 Å². The van der Waals surface area contributed by atoms with Gasteiger partial charge in [-0.15, -0.1) is 11.3 Å². The maximum Gasteiger partial charge on any atom is 0.261 e. The quantitative estimate of drug-likeness (QED) is 0.912. The molecule has 0 radical (unpaired) electrons. The van der Waals surface area contributed by atoms with Crippen molar-refractivity contribution in [2.45, 2.75) is 32.2 Å². The molecule has 2 aromatic rings. The molecule has 1 heterocycles. The average Bonchev–Trinajstić information content (AvgIpc) is 3.04. The van der Waals surface area contributed by atoms with Gasteiger partial charge in [-0.2, -0.15) is 0 Å². The van der Waals surface area contributed by atoms with Crippen LogP contribution in [0.15, 0.2) is 24.3 Å². The highest BCUT2D eigenvalue weighted by atomic mass is 32.1. The highest BCUT2D eigenvalue weighted by Gasteiger charge is 2.29. The normalized spacial score (nSPS) is 22.3. The predicted molar refractivity (Wildman–Crippen MR) is 82.2 cm³/mol. The highest BCUT2D eigenvalue weighted by molar-refractivity contribution is 7.21. The van der Waals surface area contributed by atoms with Gasteiger partial charge in [-0.05, 0) is 36.8 Å². The molecule has 1 aliphatic carbocycles. The molecule has 0 bridgehead atoms. The number of thiophene rings is 1. The SMILES string of the molecule is Cc1c(C(=O)NC2CCCC2CO)sc2ccccc12. The van der Waals surface area contributed by atoms with Crippen molar-refractivity contribution in [3.63, 3.8) is 0 Å². The molecule has 3 nitrogen and oxygen atoms in total. The Morgan fingerprint density at radius 1 is 1.40 bits per heavy atom. The molecule has 1 aromatic carbocycles. The van der Waals surface area contributed by atoms with Crippen molar-refractivity contribution in [3.05, 3.63) is 34.7 Å². The second-order valence-corrected chi connectivity index (χ2v) is 6.56. The molecule has 2 atom stereocenters. The summed E-state index contributed by atoms with van der Waals surface area (Å²) in [5.74, 6) is 0.225. The van der Waals surface area contributed by atoms with Gasteiger partial charge in [0.25, 0.3) is 5.91 Å². The van der Waals surface area contributed by atoms with E-state index < -0.39 is 0 Å². The second-order valence-electron chi connectivity index (χ2n) is 5.51. The third kappa shape index (κ3) is 2.34. The Labute approximate surface area is 122 Å². The number of hydrogen-bond donors (Lipinski definition) is 2. The zero-order chi connectivity index (χ0) is 14.1. The molecular formula is C16H19NO2S. The van der Waals surface area contributed by atoms with Crippen LogP contribution in [-0.4, -0.2) is 23.7 Å². The lowest BCUT2D eigenvalue weighted by Crippen LogP contribution is -2.38. The van der Waals surface area contributed by atoms with E-state index in [-0.39, 0.29) is 24.5 Å². The van der Waals surface area contributed by atoms with E-state index in [1.807, 2.05) is 19.1 Å². The molecule has 1 fully saturated rings. The van der Waals surface area contributed by atoms with Crippen LogP contribution in [0.3, 0.4) is 0 Å². The lowest BCUT2D eigenvalue weighted by Gasteiger charge is -2.18. The number of amides is 1. The van der Waals surface area contributed by atoms with E-state index in [0.717, 1.165) is 39.8 Å². The van der Waals surface area contributed by atoms with Gasteiger partial charge in [-0.3, -0.25) is 4.79 Å². The summed E-state index contributed by atoms with van der Waals surface area (Å²) in [5.41, 5.74) is 1.06. The zero-order valence-corrected chi connectivity index (χ0v) is 12.4. The summed E-state index contributed by atoms with van der Waals surface area (Å²) < 4.78 is 1.15. The van der Waals surface area contributed by atoms with Gasteiger partial charge in [0.05, 0.1) is 4.88 Å². The number of carbonyl (C=O) groups is 1. The van der Waals surface area contributed by atoms with Gasteiger partial charge in [0.2, 0.25) is 0 Å². The number of benzene rings is 1. The van der Waals surface area contributed by atoms with Crippen molar-refractivity contribution >= 4 is 27.3 Å². The van der Waals surface area contributed by atoms with Crippen LogP contribution in [0, 0.1) is 12.8 Å². The molecule has 3 rings (SSSR count). The van der Waals surface area contributed by atoms with Crippen LogP contribution in [0.2, 0.25) is 0 Å². The second kappa shape index (κ2) is 5.54. The van der Waals surface area contributed by atoms with Crippen molar-refractivity contribution in [3.8, 4) is 0 Å². The van der Waals surface area contributed by atoms with Crippen LogP contribution < -0.4 is 5.32 Å². The fourth-order valence-electron chi connectivity index (χ4n) is 3.07. The van der Waals surface area contributed by atoms with E-state index in [0.29, 0.717) is 0 Å². The average molecular weight is 289 g/mol. The van der Waals surface area contributed by atoms with Gasteiger partial charge >= 0.3 is 0 Å². The van der Waals surface area contributed by atoms with Gasteiger partial charge in [0.1, 0.15) is 0 Å². The Balaban J connectivity index is 1.84. The van der Waals surface area contributed by atoms with Crippen LogP contribution in [0.4, 0.5) is 0 Å².